The van der Waals surface area contributed by atoms with Crippen LogP contribution in [0.2, 0.25) is 0 Å². The topological polar surface area (TPSA) is 67.2 Å². The quantitative estimate of drug-likeness (QED) is 0.772. The molecule has 2 amide bonds. The highest BCUT2D eigenvalue weighted by Crippen LogP contribution is 2.18. The summed E-state index contributed by atoms with van der Waals surface area (Å²) >= 11 is 0. The Bertz CT molecular complexity index is 866. The van der Waals surface area contributed by atoms with Crippen molar-refractivity contribution in [3.8, 4) is 0 Å². The minimum Gasteiger partial charge on any atom is -0.444 e. The van der Waals surface area contributed by atoms with Crippen LogP contribution >= 0.6 is 0 Å². The number of carbonyl (C=O) groups is 2. The first-order chi connectivity index (χ1) is 12.7. The Morgan fingerprint density at radius 2 is 1.74 bits per heavy atom. The first-order valence-electron chi connectivity index (χ1n) is 9.38. The van der Waals surface area contributed by atoms with Gasteiger partial charge < -0.3 is 14.5 Å². The van der Waals surface area contributed by atoms with Gasteiger partial charge >= 0.3 is 6.09 Å². The van der Waals surface area contributed by atoms with E-state index in [0.29, 0.717) is 31.9 Å². The number of fused-ring (bicyclic) bond motifs is 1. The molecule has 0 aliphatic carbocycles. The summed E-state index contributed by atoms with van der Waals surface area (Å²) in [5.74, 6) is -0.0464. The van der Waals surface area contributed by atoms with Crippen LogP contribution in [0.25, 0.3) is 5.65 Å². The molecule has 0 unspecified atom stereocenters. The third-order valence-corrected chi connectivity index (χ3v) is 4.59. The standard InChI is InChI=1S/C20H28N4O3/c1-14-7-10-24-16(13-14)21-15(2)17(24)18(25)22-8-6-9-23(12-11-22)19(26)27-20(3,4)5/h7,10,13H,6,8-9,11-12H2,1-5H3. The zero-order valence-corrected chi connectivity index (χ0v) is 16.8. The van der Waals surface area contributed by atoms with Gasteiger partial charge in [0.15, 0.2) is 0 Å². The van der Waals surface area contributed by atoms with Crippen molar-refractivity contribution in [2.24, 2.45) is 0 Å². The normalized spacial score (nSPS) is 15.7. The van der Waals surface area contributed by atoms with Gasteiger partial charge in [-0.3, -0.25) is 9.20 Å². The highest BCUT2D eigenvalue weighted by atomic mass is 16.6. The maximum atomic E-state index is 13.2. The molecule has 2 aromatic heterocycles. The maximum Gasteiger partial charge on any atom is 0.410 e. The van der Waals surface area contributed by atoms with E-state index in [1.165, 1.54) is 0 Å². The first-order valence-corrected chi connectivity index (χ1v) is 9.38. The van der Waals surface area contributed by atoms with Crippen molar-refractivity contribution in [1.29, 1.82) is 0 Å². The van der Waals surface area contributed by atoms with Crippen LogP contribution in [-0.4, -0.2) is 63.0 Å². The fourth-order valence-corrected chi connectivity index (χ4v) is 3.30. The van der Waals surface area contributed by atoms with Crippen LogP contribution in [0.1, 0.15) is 48.9 Å². The fourth-order valence-electron chi connectivity index (χ4n) is 3.30. The minimum atomic E-state index is -0.523. The summed E-state index contributed by atoms with van der Waals surface area (Å²) in [7, 11) is 0. The lowest BCUT2D eigenvalue weighted by molar-refractivity contribution is 0.0255. The Hall–Kier alpha value is -2.57. The van der Waals surface area contributed by atoms with Crippen LogP contribution in [0, 0.1) is 13.8 Å². The molecule has 0 radical (unpaired) electrons. The number of carbonyl (C=O) groups excluding carboxylic acids is 2. The monoisotopic (exact) mass is 372 g/mol. The van der Waals surface area contributed by atoms with Crippen molar-refractivity contribution in [3.05, 3.63) is 35.3 Å². The Labute approximate surface area is 159 Å². The van der Waals surface area contributed by atoms with E-state index in [4.69, 9.17) is 4.74 Å². The maximum absolute atomic E-state index is 13.2. The second-order valence-corrected chi connectivity index (χ2v) is 8.09. The van der Waals surface area contributed by atoms with E-state index in [0.717, 1.165) is 23.3 Å². The van der Waals surface area contributed by atoms with Gasteiger partial charge in [0.05, 0.1) is 5.69 Å². The molecule has 27 heavy (non-hydrogen) atoms. The molecule has 3 rings (SSSR count). The third-order valence-electron chi connectivity index (χ3n) is 4.59. The Balaban J connectivity index is 1.75. The summed E-state index contributed by atoms with van der Waals surface area (Å²) in [6.07, 6.45) is 2.29. The summed E-state index contributed by atoms with van der Waals surface area (Å²) in [6.45, 7) is 11.6. The number of amides is 2. The molecule has 2 aromatic rings. The van der Waals surface area contributed by atoms with E-state index in [2.05, 4.69) is 4.98 Å². The molecular formula is C20H28N4O3. The van der Waals surface area contributed by atoms with Gasteiger partial charge in [0, 0.05) is 32.4 Å². The van der Waals surface area contributed by atoms with Crippen molar-refractivity contribution in [2.75, 3.05) is 26.2 Å². The SMILES string of the molecule is Cc1ccn2c(C(=O)N3CCCN(C(=O)OC(C)(C)C)CC3)c(C)nc2c1. The van der Waals surface area contributed by atoms with Gasteiger partial charge in [-0.05, 0) is 58.7 Å². The number of rotatable bonds is 1. The van der Waals surface area contributed by atoms with Crippen molar-refractivity contribution < 1.29 is 14.3 Å². The largest absolute Gasteiger partial charge is 0.444 e. The average molecular weight is 372 g/mol. The van der Waals surface area contributed by atoms with Crippen molar-refractivity contribution in [3.63, 3.8) is 0 Å². The Kier molecular flexibility index (Phi) is 5.13. The molecule has 7 nitrogen and oxygen atoms in total. The second-order valence-electron chi connectivity index (χ2n) is 8.09. The van der Waals surface area contributed by atoms with Gasteiger partial charge in [-0.1, -0.05) is 0 Å². The molecule has 0 saturated carbocycles. The molecule has 1 saturated heterocycles. The number of nitrogens with zero attached hydrogens (tertiary/aromatic N) is 4. The fraction of sp³-hybridized carbons (Fsp3) is 0.550. The number of hydrogen-bond acceptors (Lipinski definition) is 4. The number of hydrogen-bond donors (Lipinski definition) is 0. The molecular weight excluding hydrogens is 344 g/mol. The molecule has 3 heterocycles. The predicted octanol–water partition coefficient (Wildman–Crippen LogP) is 3.03. The molecule has 1 fully saturated rings. The number of imidazole rings is 1. The van der Waals surface area contributed by atoms with Gasteiger partial charge in [0.1, 0.15) is 16.9 Å². The Morgan fingerprint density at radius 3 is 2.44 bits per heavy atom. The van der Waals surface area contributed by atoms with Gasteiger partial charge in [0.25, 0.3) is 5.91 Å². The van der Waals surface area contributed by atoms with Crippen LogP contribution in [0.4, 0.5) is 4.79 Å². The van der Waals surface area contributed by atoms with E-state index in [-0.39, 0.29) is 12.0 Å². The first kappa shape index (κ1) is 19.2. The molecule has 0 aromatic carbocycles. The van der Waals surface area contributed by atoms with Crippen LogP contribution in [0.15, 0.2) is 18.3 Å². The van der Waals surface area contributed by atoms with Crippen molar-refractivity contribution in [2.45, 2.75) is 46.6 Å². The molecule has 0 bridgehead atoms. The number of aromatic nitrogens is 2. The van der Waals surface area contributed by atoms with E-state index in [9.17, 15) is 9.59 Å². The highest BCUT2D eigenvalue weighted by Gasteiger charge is 2.28. The lowest BCUT2D eigenvalue weighted by Gasteiger charge is -2.26. The van der Waals surface area contributed by atoms with Crippen LogP contribution in [0.5, 0.6) is 0 Å². The van der Waals surface area contributed by atoms with E-state index in [1.54, 1.807) is 9.80 Å². The van der Waals surface area contributed by atoms with Gasteiger partial charge in [-0.2, -0.15) is 0 Å². The third kappa shape index (κ3) is 4.23. The lowest BCUT2D eigenvalue weighted by atomic mass is 10.2. The minimum absolute atomic E-state index is 0.0464. The summed E-state index contributed by atoms with van der Waals surface area (Å²) in [5, 5.41) is 0. The molecule has 0 spiro atoms. The molecule has 0 N–H and O–H groups in total. The van der Waals surface area contributed by atoms with Gasteiger partial charge in [-0.25, -0.2) is 9.78 Å². The lowest BCUT2D eigenvalue weighted by Crippen LogP contribution is -2.40. The van der Waals surface area contributed by atoms with Gasteiger partial charge in [0.2, 0.25) is 0 Å². The number of pyridine rings is 1. The molecule has 0 atom stereocenters. The smallest absolute Gasteiger partial charge is 0.410 e. The number of aryl methyl sites for hydroxylation is 2. The molecule has 1 aliphatic rings. The molecule has 146 valence electrons. The van der Waals surface area contributed by atoms with Crippen LogP contribution in [0.3, 0.4) is 0 Å². The summed E-state index contributed by atoms with van der Waals surface area (Å²) in [4.78, 5) is 33.5. The zero-order chi connectivity index (χ0) is 19.8. The highest BCUT2D eigenvalue weighted by molar-refractivity contribution is 5.94. The molecule has 1 aliphatic heterocycles. The summed E-state index contributed by atoms with van der Waals surface area (Å²) < 4.78 is 7.31. The van der Waals surface area contributed by atoms with E-state index < -0.39 is 5.60 Å². The summed E-state index contributed by atoms with van der Waals surface area (Å²) in [6, 6.07) is 3.94. The zero-order valence-electron chi connectivity index (χ0n) is 16.8. The van der Waals surface area contributed by atoms with E-state index >= 15 is 0 Å². The average Bonchev–Trinajstić information content (AvgIpc) is 2.73. The van der Waals surface area contributed by atoms with Gasteiger partial charge in [-0.15, -0.1) is 0 Å². The molecule has 7 heteroatoms. The predicted molar refractivity (Wildman–Crippen MR) is 103 cm³/mol. The van der Waals surface area contributed by atoms with Crippen LogP contribution < -0.4 is 0 Å². The van der Waals surface area contributed by atoms with Crippen molar-refractivity contribution >= 4 is 17.6 Å². The van der Waals surface area contributed by atoms with Crippen molar-refractivity contribution in [1.82, 2.24) is 19.2 Å². The van der Waals surface area contributed by atoms with E-state index in [1.807, 2.05) is 57.3 Å². The van der Waals surface area contributed by atoms with Crippen LogP contribution in [-0.2, 0) is 4.74 Å². The summed E-state index contributed by atoms with van der Waals surface area (Å²) in [5.41, 5.74) is 2.68. The Morgan fingerprint density at radius 1 is 1.07 bits per heavy atom. The second kappa shape index (κ2) is 7.21. The number of ether oxygens (including phenoxy) is 1.